The molecule has 0 amide bonds. The standard InChI is InChI=1S/C8H7F5N2O/c1-3-2-4(5(9)10)7(15-6(3)14)16-8(11,12)13/h2,5H,1H3,(H2,14,15). The molecule has 3 nitrogen and oxygen atoms in total. The maximum absolute atomic E-state index is 12.4. The van der Waals surface area contributed by atoms with Crippen molar-refractivity contribution in [2.24, 2.45) is 0 Å². The molecular weight excluding hydrogens is 235 g/mol. The summed E-state index contributed by atoms with van der Waals surface area (Å²) in [5.74, 6) is -1.51. The average Bonchev–Trinajstić information content (AvgIpc) is 2.07. The number of ether oxygens (including phenoxy) is 1. The second-order valence-electron chi connectivity index (χ2n) is 2.93. The highest BCUT2D eigenvalue weighted by Gasteiger charge is 2.34. The number of hydrogen-bond acceptors (Lipinski definition) is 3. The third-order valence-electron chi connectivity index (χ3n) is 1.69. The van der Waals surface area contributed by atoms with Crippen molar-refractivity contribution in [3.8, 4) is 5.88 Å². The Morgan fingerprint density at radius 2 is 1.94 bits per heavy atom. The van der Waals surface area contributed by atoms with E-state index in [0.717, 1.165) is 6.07 Å². The molecular formula is C8H7F5N2O. The molecule has 16 heavy (non-hydrogen) atoms. The molecule has 0 spiro atoms. The van der Waals surface area contributed by atoms with Crippen LogP contribution in [0.3, 0.4) is 0 Å². The van der Waals surface area contributed by atoms with Gasteiger partial charge in [0.2, 0.25) is 5.88 Å². The van der Waals surface area contributed by atoms with E-state index in [2.05, 4.69) is 9.72 Å². The maximum Gasteiger partial charge on any atom is 0.574 e. The number of pyridine rings is 1. The fraction of sp³-hybridized carbons (Fsp3) is 0.375. The SMILES string of the molecule is Cc1cc(C(F)F)c(OC(F)(F)F)nc1N. The van der Waals surface area contributed by atoms with Gasteiger partial charge in [-0.2, -0.15) is 4.98 Å². The van der Waals surface area contributed by atoms with Crippen molar-refractivity contribution in [2.45, 2.75) is 19.7 Å². The maximum atomic E-state index is 12.4. The van der Waals surface area contributed by atoms with Gasteiger partial charge in [-0.05, 0) is 18.6 Å². The molecule has 0 saturated carbocycles. The molecule has 0 aromatic carbocycles. The minimum absolute atomic E-state index is 0.157. The van der Waals surface area contributed by atoms with E-state index in [1.807, 2.05) is 0 Å². The molecule has 1 aromatic rings. The van der Waals surface area contributed by atoms with E-state index in [4.69, 9.17) is 5.73 Å². The molecule has 0 saturated heterocycles. The number of anilines is 1. The lowest BCUT2D eigenvalue weighted by molar-refractivity contribution is -0.276. The van der Waals surface area contributed by atoms with Gasteiger partial charge >= 0.3 is 6.36 Å². The van der Waals surface area contributed by atoms with Crippen LogP contribution >= 0.6 is 0 Å². The molecule has 1 aromatic heterocycles. The van der Waals surface area contributed by atoms with E-state index in [1.165, 1.54) is 6.92 Å². The molecule has 0 atom stereocenters. The number of nitrogens with two attached hydrogens (primary N) is 1. The second-order valence-corrected chi connectivity index (χ2v) is 2.93. The Labute approximate surface area is 87.0 Å². The number of halogens is 5. The number of aromatic nitrogens is 1. The van der Waals surface area contributed by atoms with Gasteiger partial charge in [-0.1, -0.05) is 0 Å². The van der Waals surface area contributed by atoms with Gasteiger partial charge in [-0.15, -0.1) is 13.2 Å². The first-order valence-corrected chi connectivity index (χ1v) is 4.01. The van der Waals surface area contributed by atoms with Crippen LogP contribution in [0.15, 0.2) is 6.07 Å². The molecule has 90 valence electrons. The predicted octanol–water partition coefficient (Wildman–Crippen LogP) is 2.81. The van der Waals surface area contributed by atoms with Gasteiger partial charge in [-0.3, -0.25) is 0 Å². The van der Waals surface area contributed by atoms with Crippen LogP contribution in [0.1, 0.15) is 17.6 Å². The molecule has 0 radical (unpaired) electrons. The van der Waals surface area contributed by atoms with Gasteiger partial charge in [0.15, 0.2) is 0 Å². The van der Waals surface area contributed by atoms with Gasteiger partial charge in [0, 0.05) is 0 Å². The zero-order valence-corrected chi connectivity index (χ0v) is 7.98. The molecule has 0 fully saturated rings. The van der Waals surface area contributed by atoms with Gasteiger partial charge in [0.05, 0.1) is 5.56 Å². The van der Waals surface area contributed by atoms with Gasteiger partial charge in [0.1, 0.15) is 5.82 Å². The second kappa shape index (κ2) is 4.11. The summed E-state index contributed by atoms with van der Waals surface area (Å²) in [5.41, 5.74) is 4.42. The van der Waals surface area contributed by atoms with Crippen LogP contribution in [0, 0.1) is 6.92 Å². The lowest BCUT2D eigenvalue weighted by Gasteiger charge is -2.13. The fourth-order valence-electron chi connectivity index (χ4n) is 0.979. The fourth-order valence-corrected chi connectivity index (χ4v) is 0.979. The molecule has 0 aliphatic heterocycles. The lowest BCUT2D eigenvalue weighted by atomic mass is 10.2. The van der Waals surface area contributed by atoms with E-state index < -0.39 is 24.2 Å². The third kappa shape index (κ3) is 2.94. The predicted molar refractivity (Wildman–Crippen MR) is 45.0 cm³/mol. The first-order valence-electron chi connectivity index (χ1n) is 4.01. The van der Waals surface area contributed by atoms with Crippen LogP contribution in [-0.4, -0.2) is 11.3 Å². The Kier molecular flexibility index (Phi) is 3.20. The minimum atomic E-state index is -5.08. The molecule has 0 aliphatic carbocycles. The molecule has 0 bridgehead atoms. The van der Waals surface area contributed by atoms with Crippen molar-refractivity contribution < 1.29 is 26.7 Å². The topological polar surface area (TPSA) is 48.1 Å². The quantitative estimate of drug-likeness (QED) is 0.811. The number of alkyl halides is 5. The highest BCUT2D eigenvalue weighted by molar-refractivity contribution is 5.45. The molecule has 8 heteroatoms. The van der Waals surface area contributed by atoms with E-state index in [-0.39, 0.29) is 11.4 Å². The highest BCUT2D eigenvalue weighted by atomic mass is 19.4. The monoisotopic (exact) mass is 242 g/mol. The Hall–Kier alpha value is -1.60. The Balaban J connectivity index is 3.20. The zero-order chi connectivity index (χ0) is 12.5. The first kappa shape index (κ1) is 12.5. The van der Waals surface area contributed by atoms with Crippen LogP contribution in [0.4, 0.5) is 27.8 Å². The zero-order valence-electron chi connectivity index (χ0n) is 7.98. The summed E-state index contributed by atoms with van der Waals surface area (Å²) in [5, 5.41) is 0. The Morgan fingerprint density at radius 3 is 2.38 bits per heavy atom. The number of nitrogen functional groups attached to an aromatic ring is 1. The van der Waals surface area contributed by atoms with Crippen molar-refractivity contribution in [3.05, 3.63) is 17.2 Å². The van der Waals surface area contributed by atoms with Crippen LogP contribution in [0.5, 0.6) is 5.88 Å². The summed E-state index contributed by atoms with van der Waals surface area (Å²) in [4.78, 5) is 3.13. The van der Waals surface area contributed by atoms with Crippen molar-refractivity contribution in [3.63, 3.8) is 0 Å². The molecule has 1 heterocycles. The summed E-state index contributed by atoms with van der Waals surface area (Å²) in [7, 11) is 0. The molecule has 0 unspecified atom stereocenters. The van der Waals surface area contributed by atoms with Crippen LogP contribution in [0.2, 0.25) is 0 Å². The van der Waals surface area contributed by atoms with Crippen molar-refractivity contribution in [2.75, 3.05) is 5.73 Å². The average molecular weight is 242 g/mol. The summed E-state index contributed by atoms with van der Waals surface area (Å²) in [6.45, 7) is 1.35. The largest absolute Gasteiger partial charge is 0.574 e. The summed E-state index contributed by atoms with van der Waals surface area (Å²) in [6, 6.07) is 0.814. The smallest absolute Gasteiger partial charge is 0.387 e. The molecule has 2 N–H and O–H groups in total. The number of hydrogen-bond donors (Lipinski definition) is 1. The summed E-state index contributed by atoms with van der Waals surface area (Å²) < 4.78 is 63.7. The van der Waals surface area contributed by atoms with E-state index in [1.54, 1.807) is 0 Å². The first-order chi connectivity index (χ1) is 7.20. The number of nitrogens with zero attached hydrogens (tertiary/aromatic N) is 1. The van der Waals surface area contributed by atoms with Crippen molar-refractivity contribution in [1.29, 1.82) is 0 Å². The van der Waals surface area contributed by atoms with Crippen molar-refractivity contribution in [1.82, 2.24) is 4.98 Å². The summed E-state index contributed by atoms with van der Waals surface area (Å²) >= 11 is 0. The Morgan fingerprint density at radius 1 is 1.38 bits per heavy atom. The third-order valence-corrected chi connectivity index (χ3v) is 1.69. The molecule has 0 aliphatic rings. The van der Waals surface area contributed by atoms with E-state index in [9.17, 15) is 22.0 Å². The van der Waals surface area contributed by atoms with Crippen LogP contribution < -0.4 is 10.5 Å². The van der Waals surface area contributed by atoms with Crippen LogP contribution in [-0.2, 0) is 0 Å². The van der Waals surface area contributed by atoms with E-state index in [0.29, 0.717) is 0 Å². The van der Waals surface area contributed by atoms with Gasteiger partial charge in [0.25, 0.3) is 6.43 Å². The Bertz CT molecular complexity index is 391. The van der Waals surface area contributed by atoms with Gasteiger partial charge in [-0.25, -0.2) is 8.78 Å². The minimum Gasteiger partial charge on any atom is -0.387 e. The molecule has 1 rings (SSSR count). The van der Waals surface area contributed by atoms with Crippen LogP contribution in [0.25, 0.3) is 0 Å². The lowest BCUT2D eigenvalue weighted by Crippen LogP contribution is -2.19. The van der Waals surface area contributed by atoms with E-state index >= 15 is 0 Å². The van der Waals surface area contributed by atoms with Crippen molar-refractivity contribution >= 4 is 5.82 Å². The normalized spacial score (nSPS) is 11.9. The van der Waals surface area contributed by atoms with Gasteiger partial charge < -0.3 is 10.5 Å². The highest BCUT2D eigenvalue weighted by Crippen LogP contribution is 2.33. The number of rotatable bonds is 2. The summed E-state index contributed by atoms with van der Waals surface area (Å²) in [6.07, 6.45) is -8.21. The number of aryl methyl sites for hydroxylation is 1.